The molecular formula is C27H39NO6S. The average molecular weight is 506 g/mol. The first-order chi connectivity index (χ1) is 16.4. The maximum absolute atomic E-state index is 13.1. The van der Waals surface area contributed by atoms with Gasteiger partial charge in [0, 0.05) is 23.6 Å². The van der Waals surface area contributed by atoms with E-state index in [1.54, 1.807) is 20.8 Å². The van der Waals surface area contributed by atoms with Gasteiger partial charge in [0.15, 0.2) is 0 Å². The molecule has 194 valence electrons. The van der Waals surface area contributed by atoms with Crippen molar-refractivity contribution in [1.29, 1.82) is 0 Å². The van der Waals surface area contributed by atoms with E-state index in [4.69, 9.17) is 4.74 Å². The number of carbonyl (C=O) groups excluding carboxylic acids is 2. The third-order valence-corrected chi connectivity index (χ3v) is 7.57. The minimum Gasteiger partial charge on any atom is -0.457 e. The summed E-state index contributed by atoms with van der Waals surface area (Å²) >= 11 is 1.35. The summed E-state index contributed by atoms with van der Waals surface area (Å²) in [5, 5.41) is 33.2. The smallest absolute Gasteiger partial charge is 0.309 e. The highest BCUT2D eigenvalue weighted by atomic mass is 32.1. The number of hydrogen-bond donors (Lipinski definition) is 3. The van der Waals surface area contributed by atoms with E-state index in [2.05, 4.69) is 4.98 Å². The Balaban J connectivity index is 2.37. The number of carbonyl (C=O) groups is 2. The van der Waals surface area contributed by atoms with Gasteiger partial charge in [0.1, 0.15) is 16.9 Å². The van der Waals surface area contributed by atoms with Crippen LogP contribution in [0.1, 0.15) is 71.5 Å². The van der Waals surface area contributed by atoms with E-state index in [0.29, 0.717) is 23.5 Å². The third kappa shape index (κ3) is 7.93. The number of aliphatic hydroxyl groups excluding tert-OH is 3. The largest absolute Gasteiger partial charge is 0.457 e. The number of allylic oxidation sites excluding steroid dienone is 2. The molecule has 0 amide bonds. The Morgan fingerprint density at radius 2 is 1.97 bits per heavy atom. The molecule has 1 aromatic rings. The predicted octanol–water partition coefficient (Wildman–Crippen LogP) is 4.23. The van der Waals surface area contributed by atoms with Gasteiger partial charge >= 0.3 is 5.97 Å². The number of hydrogen-bond acceptors (Lipinski definition) is 8. The first-order valence-electron chi connectivity index (χ1n) is 12.0. The molecule has 35 heavy (non-hydrogen) atoms. The molecule has 2 rings (SSSR count). The minimum atomic E-state index is -1.26. The standard InChI is InChI=1S/C27H39NO6S/c1-16-8-7-9-17(2)25(32)19(4)26(33)27(5,6)22(30)13-24(31)34-21(11-10-16)18(3)12-20-15-35-23(14-29)28-20/h7,9-10,12,15,17,19,21-22,25,29-30,32H,8,11,13-14H2,1-6H3/t17-,19+,21?,22-,25-/m0/s1. The molecular weight excluding hydrogens is 466 g/mol. The Morgan fingerprint density at radius 1 is 1.29 bits per heavy atom. The summed E-state index contributed by atoms with van der Waals surface area (Å²) in [5.74, 6) is -1.86. The maximum atomic E-state index is 13.1. The predicted molar refractivity (Wildman–Crippen MR) is 137 cm³/mol. The van der Waals surface area contributed by atoms with Crippen molar-refractivity contribution in [1.82, 2.24) is 4.98 Å². The molecule has 0 radical (unpaired) electrons. The second-order valence-electron chi connectivity index (χ2n) is 10.1. The van der Waals surface area contributed by atoms with E-state index in [1.807, 2.05) is 50.5 Å². The van der Waals surface area contributed by atoms with E-state index in [1.165, 1.54) is 11.3 Å². The molecule has 0 aromatic carbocycles. The van der Waals surface area contributed by atoms with Crippen LogP contribution in [0.4, 0.5) is 0 Å². The van der Waals surface area contributed by atoms with Crippen LogP contribution in [-0.4, -0.2) is 50.4 Å². The zero-order chi connectivity index (χ0) is 26.3. The van der Waals surface area contributed by atoms with E-state index >= 15 is 0 Å². The number of thiazole rings is 1. The van der Waals surface area contributed by atoms with Crippen LogP contribution in [0.3, 0.4) is 0 Å². The quantitative estimate of drug-likeness (QED) is 0.416. The lowest BCUT2D eigenvalue weighted by molar-refractivity contribution is -0.154. The Kier molecular flexibility index (Phi) is 10.6. The molecule has 0 saturated heterocycles. The fourth-order valence-corrected chi connectivity index (χ4v) is 4.68. The minimum absolute atomic E-state index is 0.133. The zero-order valence-corrected chi connectivity index (χ0v) is 22.3. The molecule has 1 aromatic heterocycles. The molecule has 8 heteroatoms. The lowest BCUT2D eigenvalue weighted by Gasteiger charge is -2.34. The van der Waals surface area contributed by atoms with Crippen molar-refractivity contribution in [2.24, 2.45) is 17.3 Å². The lowest BCUT2D eigenvalue weighted by atomic mass is 9.73. The van der Waals surface area contributed by atoms with Crippen LogP contribution < -0.4 is 0 Å². The van der Waals surface area contributed by atoms with Gasteiger partial charge in [0.25, 0.3) is 0 Å². The molecule has 5 atom stereocenters. The highest BCUT2D eigenvalue weighted by molar-refractivity contribution is 7.09. The van der Waals surface area contributed by atoms with Crippen molar-refractivity contribution < 1.29 is 29.6 Å². The Morgan fingerprint density at radius 3 is 2.60 bits per heavy atom. The number of Topliss-reactive ketones (excluding diaryl/α,β-unsaturated/α-hetero) is 1. The first kappa shape index (κ1) is 29.1. The number of nitrogens with zero attached hydrogens (tertiary/aromatic N) is 1. The number of esters is 1. The van der Waals surface area contributed by atoms with E-state index in [0.717, 1.165) is 11.1 Å². The number of cyclic esters (lactones) is 1. The van der Waals surface area contributed by atoms with Gasteiger partial charge in [-0.1, -0.05) is 51.5 Å². The summed E-state index contributed by atoms with van der Waals surface area (Å²) in [6.45, 7) is 10.4. The molecule has 0 spiro atoms. The van der Waals surface area contributed by atoms with Crippen LogP contribution >= 0.6 is 11.3 Å². The zero-order valence-electron chi connectivity index (χ0n) is 21.5. The average Bonchev–Trinajstić information content (AvgIpc) is 3.26. The van der Waals surface area contributed by atoms with Crippen molar-refractivity contribution in [3.63, 3.8) is 0 Å². The normalized spacial score (nSPS) is 29.6. The highest BCUT2D eigenvalue weighted by Crippen LogP contribution is 2.31. The van der Waals surface area contributed by atoms with Gasteiger partial charge in [-0.15, -0.1) is 11.3 Å². The summed E-state index contributed by atoms with van der Waals surface area (Å²) in [4.78, 5) is 30.3. The van der Waals surface area contributed by atoms with Gasteiger partial charge in [0.05, 0.1) is 36.3 Å². The molecule has 0 saturated carbocycles. The molecule has 3 N–H and O–H groups in total. The van der Waals surface area contributed by atoms with Gasteiger partial charge in [-0.05, 0) is 31.9 Å². The number of ether oxygens (including phenoxy) is 1. The molecule has 1 unspecified atom stereocenters. The SMILES string of the molecule is CC1=CCC(C(C)=Cc2csc(CO)n2)OC(=O)C[C@H](O)C(C)(C)C(=O)[C@H](C)[C@@H](O)[C@@H](C)C=CC1. The second-order valence-corrected chi connectivity index (χ2v) is 11.0. The van der Waals surface area contributed by atoms with Crippen molar-refractivity contribution in [3.8, 4) is 0 Å². The van der Waals surface area contributed by atoms with Gasteiger partial charge in [-0.2, -0.15) is 0 Å². The summed E-state index contributed by atoms with van der Waals surface area (Å²) in [7, 11) is 0. The maximum Gasteiger partial charge on any atom is 0.309 e. The summed E-state index contributed by atoms with van der Waals surface area (Å²) in [5.41, 5.74) is 1.30. The topological polar surface area (TPSA) is 117 Å². The van der Waals surface area contributed by atoms with Gasteiger partial charge in [0.2, 0.25) is 0 Å². The second kappa shape index (κ2) is 12.7. The molecule has 1 aliphatic heterocycles. The van der Waals surface area contributed by atoms with Crippen LogP contribution in [0.5, 0.6) is 0 Å². The molecule has 0 bridgehead atoms. The molecule has 1 aliphatic rings. The van der Waals surface area contributed by atoms with Gasteiger partial charge in [-0.25, -0.2) is 4.98 Å². The fourth-order valence-electron chi connectivity index (χ4n) is 4.07. The highest BCUT2D eigenvalue weighted by Gasteiger charge is 2.42. The van der Waals surface area contributed by atoms with E-state index in [-0.39, 0.29) is 24.7 Å². The number of rotatable bonds is 3. The van der Waals surface area contributed by atoms with E-state index in [9.17, 15) is 24.9 Å². The Bertz CT molecular complexity index is 976. The van der Waals surface area contributed by atoms with Crippen LogP contribution in [0.15, 0.2) is 34.8 Å². The van der Waals surface area contributed by atoms with Crippen molar-refractivity contribution in [3.05, 3.63) is 45.5 Å². The molecule has 2 heterocycles. The van der Waals surface area contributed by atoms with Crippen molar-refractivity contribution in [2.45, 2.75) is 85.7 Å². The van der Waals surface area contributed by atoms with E-state index < -0.39 is 35.6 Å². The number of aromatic nitrogens is 1. The van der Waals surface area contributed by atoms with Gasteiger partial charge < -0.3 is 20.1 Å². The van der Waals surface area contributed by atoms with Crippen LogP contribution in [0, 0.1) is 17.3 Å². The Hall–Kier alpha value is -2.13. The summed E-state index contributed by atoms with van der Waals surface area (Å²) in [6.07, 6.45) is 5.75. The third-order valence-electron chi connectivity index (χ3n) is 6.71. The molecule has 0 aliphatic carbocycles. The molecule has 0 fully saturated rings. The summed E-state index contributed by atoms with van der Waals surface area (Å²) < 4.78 is 5.77. The Labute approximate surface area is 212 Å². The first-order valence-corrected chi connectivity index (χ1v) is 12.9. The summed E-state index contributed by atoms with van der Waals surface area (Å²) in [6, 6.07) is 0. The number of ketones is 1. The monoisotopic (exact) mass is 505 g/mol. The molecule has 7 nitrogen and oxygen atoms in total. The van der Waals surface area contributed by atoms with Crippen molar-refractivity contribution in [2.75, 3.05) is 0 Å². The van der Waals surface area contributed by atoms with Crippen LogP contribution in [-0.2, 0) is 20.9 Å². The number of aliphatic hydroxyl groups is 3. The fraction of sp³-hybridized carbons (Fsp3) is 0.593. The lowest BCUT2D eigenvalue weighted by Crippen LogP contribution is -2.45. The van der Waals surface area contributed by atoms with Crippen LogP contribution in [0.25, 0.3) is 6.08 Å². The van der Waals surface area contributed by atoms with Crippen LogP contribution in [0.2, 0.25) is 0 Å². The van der Waals surface area contributed by atoms with Crippen molar-refractivity contribution >= 4 is 29.2 Å². The van der Waals surface area contributed by atoms with Gasteiger partial charge in [-0.3, -0.25) is 9.59 Å².